The van der Waals surface area contributed by atoms with Gasteiger partial charge in [0.25, 0.3) is 10.1 Å². The van der Waals surface area contributed by atoms with Crippen molar-refractivity contribution in [1.82, 2.24) is 0 Å². The van der Waals surface area contributed by atoms with Crippen LogP contribution in [0.1, 0.15) is 46.0 Å². The Morgan fingerprint density at radius 3 is 2.14 bits per heavy atom. The molecule has 0 radical (unpaired) electrons. The predicted molar refractivity (Wildman–Crippen MR) is 56.8 cm³/mol. The Hall–Kier alpha value is -0.0900. The summed E-state index contributed by atoms with van der Waals surface area (Å²) in [6, 6.07) is 0. The van der Waals surface area contributed by atoms with E-state index in [0.717, 1.165) is 12.8 Å². The zero-order chi connectivity index (χ0) is 10.8. The molecule has 0 bridgehead atoms. The van der Waals surface area contributed by atoms with E-state index in [0.29, 0.717) is 5.92 Å². The van der Waals surface area contributed by atoms with Gasteiger partial charge >= 0.3 is 0 Å². The van der Waals surface area contributed by atoms with Crippen LogP contribution >= 0.6 is 0 Å². The first kappa shape index (κ1) is 12.0. The largest absolute Gasteiger partial charge is 0.286 e. The van der Waals surface area contributed by atoms with Gasteiger partial charge in [0.1, 0.15) is 0 Å². The minimum atomic E-state index is -3.83. The minimum absolute atomic E-state index is 0.106. The topological polar surface area (TPSA) is 54.4 Å². The Kier molecular flexibility index (Phi) is 3.58. The molecule has 1 aliphatic carbocycles. The average molecular weight is 220 g/mol. The Balaban J connectivity index is 2.63. The van der Waals surface area contributed by atoms with Crippen LogP contribution in [-0.2, 0) is 10.1 Å². The zero-order valence-corrected chi connectivity index (χ0v) is 9.81. The van der Waals surface area contributed by atoms with Crippen LogP contribution in [0.5, 0.6) is 0 Å². The lowest BCUT2D eigenvalue weighted by molar-refractivity contribution is 0.180. The van der Waals surface area contributed by atoms with Crippen molar-refractivity contribution in [3.8, 4) is 0 Å². The molecular weight excluding hydrogens is 200 g/mol. The second-order valence-corrected chi connectivity index (χ2v) is 6.50. The van der Waals surface area contributed by atoms with Gasteiger partial charge in [-0.25, -0.2) is 0 Å². The summed E-state index contributed by atoms with van der Waals surface area (Å²) >= 11 is 0. The summed E-state index contributed by atoms with van der Waals surface area (Å²) in [5.74, 6) is 0.336. The maximum Gasteiger partial charge on any atom is 0.265 e. The van der Waals surface area contributed by atoms with Gasteiger partial charge in [0.2, 0.25) is 0 Å². The molecule has 84 valence electrons. The molecule has 0 aromatic heterocycles. The summed E-state index contributed by atoms with van der Waals surface area (Å²) in [5, 5.41) is 0. The smallest absolute Gasteiger partial charge is 0.265 e. The fourth-order valence-electron chi connectivity index (χ4n) is 2.47. The molecule has 3 nitrogen and oxygen atoms in total. The first-order valence-electron chi connectivity index (χ1n) is 5.26. The zero-order valence-electron chi connectivity index (χ0n) is 8.99. The lowest BCUT2D eigenvalue weighted by Crippen LogP contribution is -2.33. The van der Waals surface area contributed by atoms with E-state index < -0.39 is 10.1 Å². The normalized spacial score (nSPS) is 21.1. The van der Waals surface area contributed by atoms with Gasteiger partial charge in [-0.2, -0.15) is 8.42 Å². The molecule has 1 saturated carbocycles. The van der Waals surface area contributed by atoms with Gasteiger partial charge in [-0.1, -0.05) is 33.1 Å². The van der Waals surface area contributed by atoms with E-state index in [9.17, 15) is 8.42 Å². The fraction of sp³-hybridized carbons (Fsp3) is 1.00. The molecule has 14 heavy (non-hydrogen) atoms. The molecule has 0 spiro atoms. The van der Waals surface area contributed by atoms with E-state index in [1.54, 1.807) is 0 Å². The van der Waals surface area contributed by atoms with E-state index in [-0.39, 0.29) is 11.2 Å². The highest BCUT2D eigenvalue weighted by atomic mass is 32.2. The Morgan fingerprint density at radius 1 is 1.21 bits per heavy atom. The Bertz CT molecular complexity index is 274. The minimum Gasteiger partial charge on any atom is -0.286 e. The van der Waals surface area contributed by atoms with Crippen LogP contribution in [0.25, 0.3) is 0 Å². The molecule has 0 aromatic rings. The van der Waals surface area contributed by atoms with Crippen LogP contribution in [0.15, 0.2) is 0 Å². The summed E-state index contributed by atoms with van der Waals surface area (Å²) < 4.78 is 30.5. The van der Waals surface area contributed by atoms with Gasteiger partial charge in [-0.05, 0) is 24.2 Å². The first-order chi connectivity index (χ1) is 6.31. The molecule has 1 N–H and O–H groups in total. The fourth-order valence-corrected chi connectivity index (χ4v) is 3.65. The SMILES string of the molecule is CC(C)(CS(=O)(=O)O)C1CCCCC1. The van der Waals surface area contributed by atoms with Gasteiger partial charge in [-0.15, -0.1) is 0 Å². The van der Waals surface area contributed by atoms with Gasteiger partial charge < -0.3 is 0 Å². The summed E-state index contributed by atoms with van der Waals surface area (Å²) in [7, 11) is -3.83. The van der Waals surface area contributed by atoms with E-state index in [2.05, 4.69) is 0 Å². The van der Waals surface area contributed by atoms with Crippen LogP contribution in [0, 0.1) is 11.3 Å². The highest BCUT2D eigenvalue weighted by Gasteiger charge is 2.34. The molecule has 0 heterocycles. The summed E-state index contributed by atoms with van der Waals surface area (Å²) in [4.78, 5) is 0. The number of rotatable bonds is 3. The lowest BCUT2D eigenvalue weighted by atomic mass is 9.72. The van der Waals surface area contributed by atoms with Crippen molar-refractivity contribution in [2.75, 3.05) is 5.75 Å². The second kappa shape index (κ2) is 4.19. The third kappa shape index (κ3) is 3.58. The molecule has 0 saturated heterocycles. The molecular formula is C10H20O3S. The van der Waals surface area contributed by atoms with E-state index in [1.165, 1.54) is 19.3 Å². The molecule has 0 amide bonds. The lowest BCUT2D eigenvalue weighted by Gasteiger charge is -2.36. The first-order valence-corrected chi connectivity index (χ1v) is 6.87. The van der Waals surface area contributed by atoms with Crippen molar-refractivity contribution >= 4 is 10.1 Å². The quantitative estimate of drug-likeness (QED) is 0.743. The molecule has 0 aromatic carbocycles. The van der Waals surface area contributed by atoms with Gasteiger partial charge in [-0.3, -0.25) is 4.55 Å². The van der Waals surface area contributed by atoms with Crippen LogP contribution < -0.4 is 0 Å². The third-order valence-corrected chi connectivity index (χ3v) is 4.37. The van der Waals surface area contributed by atoms with Gasteiger partial charge in [0.15, 0.2) is 0 Å². The van der Waals surface area contributed by atoms with Gasteiger partial charge in [0.05, 0.1) is 5.75 Å². The monoisotopic (exact) mass is 220 g/mol. The molecule has 1 fully saturated rings. The summed E-state index contributed by atoms with van der Waals surface area (Å²) in [6.45, 7) is 3.88. The maximum atomic E-state index is 10.8. The van der Waals surface area contributed by atoms with Crippen molar-refractivity contribution in [3.05, 3.63) is 0 Å². The van der Waals surface area contributed by atoms with Crippen LogP contribution in [0.2, 0.25) is 0 Å². The molecule has 0 unspecified atom stereocenters. The van der Waals surface area contributed by atoms with Crippen molar-refractivity contribution < 1.29 is 13.0 Å². The van der Waals surface area contributed by atoms with E-state index in [4.69, 9.17) is 4.55 Å². The molecule has 0 aliphatic heterocycles. The molecule has 4 heteroatoms. The summed E-state index contributed by atoms with van der Waals surface area (Å²) in [6.07, 6.45) is 5.85. The van der Waals surface area contributed by atoms with Crippen molar-refractivity contribution in [3.63, 3.8) is 0 Å². The van der Waals surface area contributed by atoms with E-state index >= 15 is 0 Å². The molecule has 0 atom stereocenters. The van der Waals surface area contributed by atoms with Crippen molar-refractivity contribution in [2.24, 2.45) is 11.3 Å². The van der Waals surface area contributed by atoms with Crippen LogP contribution in [-0.4, -0.2) is 18.7 Å². The van der Waals surface area contributed by atoms with Crippen molar-refractivity contribution in [2.45, 2.75) is 46.0 Å². The number of hydrogen-bond donors (Lipinski definition) is 1. The number of hydrogen-bond acceptors (Lipinski definition) is 2. The maximum absolute atomic E-state index is 10.8. The Morgan fingerprint density at radius 2 is 1.71 bits per heavy atom. The highest BCUT2D eigenvalue weighted by Crippen LogP contribution is 2.38. The third-order valence-electron chi connectivity index (χ3n) is 3.26. The Labute approximate surface area is 86.6 Å². The van der Waals surface area contributed by atoms with Crippen LogP contribution in [0.3, 0.4) is 0 Å². The van der Waals surface area contributed by atoms with Gasteiger partial charge in [0, 0.05) is 0 Å². The highest BCUT2D eigenvalue weighted by molar-refractivity contribution is 7.85. The summed E-state index contributed by atoms with van der Waals surface area (Å²) in [5.41, 5.74) is -0.284. The average Bonchev–Trinajstić information content (AvgIpc) is 2.01. The standard InChI is InChI=1S/C10H20O3S/c1-10(2,8-14(11,12)13)9-6-4-3-5-7-9/h9H,3-8H2,1-2H3,(H,11,12,13). The predicted octanol–water partition coefficient (Wildman–Crippen LogP) is 2.48. The molecule has 1 aliphatic rings. The van der Waals surface area contributed by atoms with Crippen molar-refractivity contribution in [1.29, 1.82) is 0 Å². The van der Waals surface area contributed by atoms with Crippen LogP contribution in [0.4, 0.5) is 0 Å². The second-order valence-electron chi connectivity index (χ2n) is 5.05. The van der Waals surface area contributed by atoms with E-state index in [1.807, 2.05) is 13.8 Å². The molecule has 1 rings (SSSR count).